The fourth-order valence-electron chi connectivity index (χ4n) is 2.50. The number of ether oxygens (including phenoxy) is 2. The molecular formula is C17H17ClN4O3. The van der Waals surface area contributed by atoms with Crippen molar-refractivity contribution < 1.29 is 14.3 Å². The molecule has 0 aliphatic rings. The largest absolute Gasteiger partial charge is 0.495 e. The number of nitrogens with zero attached hydrogens (tertiary/aromatic N) is 2. The summed E-state index contributed by atoms with van der Waals surface area (Å²) in [5.74, 6) is 0.610. The molecule has 0 radical (unpaired) electrons. The first-order valence-corrected chi connectivity index (χ1v) is 7.82. The van der Waals surface area contributed by atoms with Crippen molar-refractivity contribution in [3.63, 3.8) is 0 Å². The van der Waals surface area contributed by atoms with Gasteiger partial charge < -0.3 is 20.5 Å². The number of amides is 1. The highest BCUT2D eigenvalue weighted by Gasteiger charge is 2.14. The Morgan fingerprint density at radius 2 is 2.00 bits per heavy atom. The van der Waals surface area contributed by atoms with Gasteiger partial charge in [-0.3, -0.25) is 9.48 Å². The van der Waals surface area contributed by atoms with Gasteiger partial charge in [-0.2, -0.15) is 5.10 Å². The summed E-state index contributed by atoms with van der Waals surface area (Å²) in [6.07, 6.45) is 1.69. The van der Waals surface area contributed by atoms with Gasteiger partial charge in [-0.25, -0.2) is 0 Å². The Balaban J connectivity index is 1.83. The van der Waals surface area contributed by atoms with Crippen LogP contribution in [-0.2, 0) is 11.3 Å². The smallest absolute Gasteiger partial charge is 0.246 e. The average molecular weight is 361 g/mol. The zero-order chi connectivity index (χ0) is 18.0. The number of anilines is 2. The summed E-state index contributed by atoms with van der Waals surface area (Å²) in [5.41, 5.74) is 7.67. The third kappa shape index (κ3) is 3.46. The van der Waals surface area contributed by atoms with E-state index in [1.807, 2.05) is 6.07 Å². The third-order valence-electron chi connectivity index (χ3n) is 3.71. The van der Waals surface area contributed by atoms with Crippen molar-refractivity contribution in [2.75, 3.05) is 25.3 Å². The highest BCUT2D eigenvalue weighted by Crippen LogP contribution is 2.35. The van der Waals surface area contributed by atoms with E-state index in [2.05, 4.69) is 10.4 Å². The Morgan fingerprint density at radius 1 is 1.24 bits per heavy atom. The number of benzene rings is 2. The van der Waals surface area contributed by atoms with Gasteiger partial charge in [0.2, 0.25) is 5.91 Å². The first-order valence-electron chi connectivity index (χ1n) is 7.44. The molecular weight excluding hydrogens is 344 g/mol. The van der Waals surface area contributed by atoms with Crippen molar-refractivity contribution in [3.05, 3.63) is 41.6 Å². The van der Waals surface area contributed by atoms with Crippen molar-refractivity contribution in [2.45, 2.75) is 6.54 Å². The Bertz CT molecular complexity index is 939. The summed E-state index contributed by atoms with van der Waals surface area (Å²) in [4.78, 5) is 12.4. The molecule has 0 saturated carbocycles. The molecule has 3 aromatic rings. The van der Waals surface area contributed by atoms with Gasteiger partial charge in [0.25, 0.3) is 0 Å². The highest BCUT2D eigenvalue weighted by molar-refractivity contribution is 6.32. The van der Waals surface area contributed by atoms with Gasteiger partial charge in [-0.15, -0.1) is 0 Å². The molecule has 130 valence electrons. The van der Waals surface area contributed by atoms with E-state index in [9.17, 15) is 4.79 Å². The van der Waals surface area contributed by atoms with Crippen LogP contribution in [0.5, 0.6) is 11.5 Å². The van der Waals surface area contributed by atoms with Crippen LogP contribution in [-0.4, -0.2) is 29.9 Å². The van der Waals surface area contributed by atoms with Crippen molar-refractivity contribution >= 4 is 39.8 Å². The highest BCUT2D eigenvalue weighted by atomic mass is 35.5. The van der Waals surface area contributed by atoms with Gasteiger partial charge in [0, 0.05) is 23.2 Å². The molecule has 0 unspecified atom stereocenters. The summed E-state index contributed by atoms with van der Waals surface area (Å²) in [5, 5.41) is 8.32. The fraction of sp³-hybridized carbons (Fsp3) is 0.176. The SMILES string of the molecule is COc1cc(NC(=O)Cn2ncc3ccc(N)cc32)c(OC)cc1Cl. The number of rotatable bonds is 5. The Hall–Kier alpha value is -2.93. The van der Waals surface area contributed by atoms with Gasteiger partial charge in [-0.05, 0) is 18.2 Å². The summed E-state index contributed by atoms with van der Waals surface area (Å²) in [6, 6.07) is 8.62. The zero-order valence-corrected chi connectivity index (χ0v) is 14.5. The number of carbonyl (C=O) groups is 1. The maximum absolute atomic E-state index is 12.4. The average Bonchev–Trinajstić information content (AvgIpc) is 2.98. The van der Waals surface area contributed by atoms with Crippen LogP contribution in [0.1, 0.15) is 0 Å². The van der Waals surface area contributed by atoms with E-state index in [0.717, 1.165) is 10.9 Å². The predicted octanol–water partition coefficient (Wildman–Crippen LogP) is 2.93. The number of nitrogens with two attached hydrogens (primary N) is 1. The Kier molecular flexibility index (Phi) is 4.67. The van der Waals surface area contributed by atoms with Crippen molar-refractivity contribution in [1.29, 1.82) is 0 Å². The molecule has 25 heavy (non-hydrogen) atoms. The van der Waals surface area contributed by atoms with Gasteiger partial charge in [0.1, 0.15) is 18.0 Å². The van der Waals surface area contributed by atoms with E-state index in [-0.39, 0.29) is 12.5 Å². The molecule has 2 aromatic carbocycles. The van der Waals surface area contributed by atoms with Crippen LogP contribution in [0.3, 0.4) is 0 Å². The molecule has 1 aromatic heterocycles. The van der Waals surface area contributed by atoms with E-state index >= 15 is 0 Å². The zero-order valence-electron chi connectivity index (χ0n) is 13.7. The summed E-state index contributed by atoms with van der Waals surface area (Å²) in [6.45, 7) is 0.0288. The third-order valence-corrected chi connectivity index (χ3v) is 4.01. The molecule has 0 aliphatic heterocycles. The summed E-state index contributed by atoms with van der Waals surface area (Å²) in [7, 11) is 3.00. The van der Waals surface area contributed by atoms with Crippen LogP contribution < -0.4 is 20.5 Å². The molecule has 7 nitrogen and oxygen atoms in total. The Morgan fingerprint density at radius 3 is 2.72 bits per heavy atom. The lowest BCUT2D eigenvalue weighted by atomic mass is 10.2. The maximum atomic E-state index is 12.4. The number of nitrogens with one attached hydrogen (secondary N) is 1. The van der Waals surface area contributed by atoms with Crippen LogP contribution in [0, 0.1) is 0 Å². The number of halogens is 1. The molecule has 0 fully saturated rings. The quantitative estimate of drug-likeness (QED) is 0.682. The van der Waals surface area contributed by atoms with Gasteiger partial charge >= 0.3 is 0 Å². The van der Waals surface area contributed by atoms with E-state index in [1.54, 1.807) is 35.1 Å². The summed E-state index contributed by atoms with van der Waals surface area (Å²) >= 11 is 6.07. The molecule has 3 rings (SSSR count). The summed E-state index contributed by atoms with van der Waals surface area (Å²) < 4.78 is 12.0. The van der Waals surface area contributed by atoms with Crippen LogP contribution in [0.4, 0.5) is 11.4 Å². The lowest BCUT2D eigenvalue weighted by Gasteiger charge is -2.13. The topological polar surface area (TPSA) is 91.4 Å². The minimum Gasteiger partial charge on any atom is -0.495 e. The first kappa shape index (κ1) is 16.9. The van der Waals surface area contributed by atoms with Crippen molar-refractivity contribution in [3.8, 4) is 11.5 Å². The second-order valence-corrected chi connectivity index (χ2v) is 5.76. The number of hydrogen-bond donors (Lipinski definition) is 2. The molecule has 8 heteroatoms. The lowest BCUT2D eigenvalue weighted by molar-refractivity contribution is -0.116. The number of aromatic nitrogens is 2. The second kappa shape index (κ2) is 6.90. The normalized spacial score (nSPS) is 10.7. The lowest BCUT2D eigenvalue weighted by Crippen LogP contribution is -2.19. The molecule has 0 spiro atoms. The molecule has 0 atom stereocenters. The number of carbonyl (C=O) groups excluding carboxylic acids is 1. The predicted molar refractivity (Wildman–Crippen MR) is 97.3 cm³/mol. The molecule has 0 bridgehead atoms. The minimum atomic E-state index is -0.268. The van der Waals surface area contributed by atoms with E-state index < -0.39 is 0 Å². The van der Waals surface area contributed by atoms with Gasteiger partial charge in [0.05, 0.1) is 36.6 Å². The van der Waals surface area contributed by atoms with Crippen molar-refractivity contribution in [2.24, 2.45) is 0 Å². The van der Waals surface area contributed by atoms with Gasteiger partial charge in [-0.1, -0.05) is 11.6 Å². The number of methoxy groups -OCH3 is 2. The molecule has 1 amide bonds. The van der Waals surface area contributed by atoms with Crippen LogP contribution in [0.2, 0.25) is 5.02 Å². The molecule has 3 N–H and O–H groups in total. The van der Waals surface area contributed by atoms with E-state index in [0.29, 0.717) is 27.9 Å². The van der Waals surface area contributed by atoms with Crippen LogP contribution in [0.15, 0.2) is 36.5 Å². The monoisotopic (exact) mass is 360 g/mol. The van der Waals surface area contributed by atoms with E-state index in [4.69, 9.17) is 26.8 Å². The maximum Gasteiger partial charge on any atom is 0.246 e. The van der Waals surface area contributed by atoms with Crippen LogP contribution >= 0.6 is 11.6 Å². The van der Waals surface area contributed by atoms with Gasteiger partial charge in [0.15, 0.2) is 0 Å². The molecule has 1 heterocycles. The number of nitrogen functional groups attached to an aromatic ring is 1. The fourth-order valence-corrected chi connectivity index (χ4v) is 2.73. The standard InChI is InChI=1S/C17H17ClN4O3/c1-24-15-7-13(16(25-2)6-12(15)18)21-17(23)9-22-14-5-11(19)4-3-10(14)8-20-22/h3-8H,9,19H2,1-2H3,(H,21,23). The Labute approximate surface area is 149 Å². The minimum absolute atomic E-state index is 0.0288. The van der Waals surface area contributed by atoms with Crippen LogP contribution in [0.25, 0.3) is 10.9 Å². The molecule has 0 aliphatic carbocycles. The second-order valence-electron chi connectivity index (χ2n) is 5.36. The first-order chi connectivity index (χ1) is 12.0. The van der Waals surface area contributed by atoms with E-state index in [1.165, 1.54) is 14.2 Å². The number of hydrogen-bond acceptors (Lipinski definition) is 5. The molecule has 0 saturated heterocycles. The number of fused-ring (bicyclic) bond motifs is 1. The van der Waals surface area contributed by atoms with Crippen molar-refractivity contribution in [1.82, 2.24) is 9.78 Å².